The van der Waals surface area contributed by atoms with Gasteiger partial charge in [0.25, 0.3) is 5.56 Å². The van der Waals surface area contributed by atoms with Crippen LogP contribution in [0.3, 0.4) is 0 Å². The van der Waals surface area contributed by atoms with E-state index in [4.69, 9.17) is 4.74 Å². The fraction of sp³-hybridized carbons (Fsp3) is 0.360. The first-order valence-corrected chi connectivity index (χ1v) is 11.4. The highest BCUT2D eigenvalue weighted by Crippen LogP contribution is 2.28. The third-order valence-corrected chi connectivity index (χ3v) is 6.45. The first-order valence-electron chi connectivity index (χ1n) is 11.4. The average Bonchev–Trinajstić information content (AvgIpc) is 3.29. The number of aromatic nitrogens is 5. The van der Waals surface area contributed by atoms with Gasteiger partial charge in [0.1, 0.15) is 6.04 Å². The lowest BCUT2D eigenvalue weighted by molar-refractivity contribution is 0.0214. The monoisotopic (exact) mass is 444 g/mol. The molecule has 2 aromatic heterocycles. The van der Waals surface area contributed by atoms with E-state index in [0.29, 0.717) is 44.2 Å². The minimum absolute atomic E-state index is 0.111. The molecule has 1 aliphatic heterocycles. The van der Waals surface area contributed by atoms with Crippen LogP contribution in [-0.2, 0) is 17.7 Å². The van der Waals surface area contributed by atoms with Gasteiger partial charge in [0, 0.05) is 30.7 Å². The van der Waals surface area contributed by atoms with Crippen molar-refractivity contribution >= 4 is 10.9 Å². The summed E-state index contributed by atoms with van der Waals surface area (Å²) in [6.45, 7) is 7.43. The van der Waals surface area contributed by atoms with Crippen LogP contribution >= 0.6 is 0 Å². The van der Waals surface area contributed by atoms with E-state index in [9.17, 15) is 4.79 Å². The number of nitrogens with one attached hydrogen (secondary N) is 1. The molecule has 4 aromatic rings. The normalized spacial score (nSPS) is 15.7. The van der Waals surface area contributed by atoms with Gasteiger partial charge in [0.2, 0.25) is 0 Å². The molecule has 0 spiro atoms. The van der Waals surface area contributed by atoms with Crippen molar-refractivity contribution in [3.05, 3.63) is 87.0 Å². The van der Waals surface area contributed by atoms with Crippen molar-refractivity contribution in [1.82, 2.24) is 30.1 Å². The first kappa shape index (κ1) is 21.5. The minimum atomic E-state index is -0.352. The number of hydrogen-bond acceptors (Lipinski definition) is 6. The molecule has 0 unspecified atom stereocenters. The predicted molar refractivity (Wildman–Crippen MR) is 126 cm³/mol. The SMILES string of the molecule is Cc1cc2cc([C@H](c3nnnn3CCc3ccccc3)N3CCOCC3)c(=O)[nH]c2cc1C. The molecule has 1 fully saturated rings. The molecule has 1 atom stereocenters. The molecule has 0 amide bonds. The number of nitrogens with zero attached hydrogens (tertiary/aromatic N) is 5. The summed E-state index contributed by atoms with van der Waals surface area (Å²) in [6, 6.07) is 16.1. The molecule has 8 heteroatoms. The molecule has 8 nitrogen and oxygen atoms in total. The molecule has 1 saturated heterocycles. The van der Waals surface area contributed by atoms with Crippen molar-refractivity contribution in [2.45, 2.75) is 32.9 Å². The lowest BCUT2D eigenvalue weighted by Crippen LogP contribution is -2.42. The van der Waals surface area contributed by atoms with Gasteiger partial charge < -0.3 is 9.72 Å². The van der Waals surface area contributed by atoms with E-state index in [-0.39, 0.29) is 11.6 Å². The van der Waals surface area contributed by atoms with Crippen LogP contribution in [0.4, 0.5) is 0 Å². The summed E-state index contributed by atoms with van der Waals surface area (Å²) >= 11 is 0. The van der Waals surface area contributed by atoms with E-state index in [0.717, 1.165) is 22.9 Å². The maximum absolute atomic E-state index is 13.3. The fourth-order valence-electron chi connectivity index (χ4n) is 4.48. The van der Waals surface area contributed by atoms with Crippen molar-refractivity contribution in [2.75, 3.05) is 26.3 Å². The Labute approximate surface area is 192 Å². The molecule has 0 radical (unpaired) electrons. The Morgan fingerprint density at radius 2 is 1.82 bits per heavy atom. The summed E-state index contributed by atoms with van der Waals surface area (Å²) < 4.78 is 7.41. The van der Waals surface area contributed by atoms with E-state index >= 15 is 0 Å². The van der Waals surface area contributed by atoms with Crippen molar-refractivity contribution < 1.29 is 4.74 Å². The number of fused-ring (bicyclic) bond motifs is 1. The number of benzene rings is 2. The molecule has 170 valence electrons. The van der Waals surface area contributed by atoms with Gasteiger partial charge in [-0.25, -0.2) is 4.68 Å². The number of aryl methyl sites for hydroxylation is 4. The third kappa shape index (κ3) is 4.44. The molecule has 2 aromatic carbocycles. The van der Waals surface area contributed by atoms with Crippen molar-refractivity contribution in [3.63, 3.8) is 0 Å². The van der Waals surface area contributed by atoms with E-state index in [1.54, 1.807) is 0 Å². The van der Waals surface area contributed by atoms with Crippen LogP contribution in [0.25, 0.3) is 10.9 Å². The van der Waals surface area contributed by atoms with Gasteiger partial charge in [-0.15, -0.1) is 5.10 Å². The second-order valence-electron chi connectivity index (χ2n) is 8.62. The Morgan fingerprint density at radius 1 is 1.06 bits per heavy atom. The number of rotatable bonds is 6. The lowest BCUT2D eigenvalue weighted by atomic mass is 10.0. The highest BCUT2D eigenvalue weighted by Gasteiger charge is 2.31. The number of hydrogen-bond donors (Lipinski definition) is 1. The molecule has 5 rings (SSSR count). The second-order valence-corrected chi connectivity index (χ2v) is 8.62. The average molecular weight is 445 g/mol. The van der Waals surface area contributed by atoms with Crippen LogP contribution in [-0.4, -0.2) is 56.4 Å². The summed E-state index contributed by atoms with van der Waals surface area (Å²) in [6.07, 6.45) is 0.807. The second kappa shape index (κ2) is 9.25. The maximum atomic E-state index is 13.3. The Balaban J connectivity index is 1.57. The Kier molecular flexibility index (Phi) is 6.02. The van der Waals surface area contributed by atoms with Gasteiger partial charge in [-0.2, -0.15) is 0 Å². The van der Waals surface area contributed by atoms with Crippen LogP contribution in [0.1, 0.15) is 34.1 Å². The molecule has 0 saturated carbocycles. The zero-order valence-corrected chi connectivity index (χ0v) is 19.0. The van der Waals surface area contributed by atoms with E-state index in [1.807, 2.05) is 35.0 Å². The topological polar surface area (TPSA) is 88.9 Å². The van der Waals surface area contributed by atoms with Gasteiger partial charge in [0.05, 0.1) is 13.2 Å². The van der Waals surface area contributed by atoms with Crippen molar-refractivity contribution in [3.8, 4) is 0 Å². The maximum Gasteiger partial charge on any atom is 0.253 e. The number of aromatic amines is 1. The smallest absolute Gasteiger partial charge is 0.253 e. The third-order valence-electron chi connectivity index (χ3n) is 6.45. The zero-order chi connectivity index (χ0) is 22.8. The predicted octanol–water partition coefficient (Wildman–Crippen LogP) is 2.80. The summed E-state index contributed by atoms with van der Waals surface area (Å²) in [4.78, 5) is 18.6. The Hall–Kier alpha value is -3.36. The van der Waals surface area contributed by atoms with E-state index in [1.165, 1.54) is 11.1 Å². The fourth-order valence-corrected chi connectivity index (χ4v) is 4.48. The summed E-state index contributed by atoms with van der Waals surface area (Å²) in [7, 11) is 0. The molecule has 33 heavy (non-hydrogen) atoms. The molecule has 3 heterocycles. The van der Waals surface area contributed by atoms with Gasteiger partial charge >= 0.3 is 0 Å². The van der Waals surface area contributed by atoms with Crippen molar-refractivity contribution in [2.24, 2.45) is 0 Å². The largest absolute Gasteiger partial charge is 0.379 e. The number of pyridine rings is 1. The molecular weight excluding hydrogens is 416 g/mol. The van der Waals surface area contributed by atoms with Crippen LogP contribution in [0.2, 0.25) is 0 Å². The lowest BCUT2D eigenvalue weighted by Gasteiger charge is -2.33. The highest BCUT2D eigenvalue weighted by atomic mass is 16.5. The van der Waals surface area contributed by atoms with Gasteiger partial charge in [-0.05, 0) is 71.0 Å². The number of H-pyrrole nitrogens is 1. The molecule has 1 aliphatic rings. The Morgan fingerprint density at radius 3 is 2.61 bits per heavy atom. The minimum Gasteiger partial charge on any atom is -0.379 e. The summed E-state index contributed by atoms with van der Waals surface area (Å²) in [5.41, 5.74) is 4.95. The van der Waals surface area contributed by atoms with Gasteiger partial charge in [0.15, 0.2) is 5.82 Å². The number of tetrazole rings is 1. The Bertz CT molecular complexity index is 1310. The van der Waals surface area contributed by atoms with Crippen LogP contribution in [0.15, 0.2) is 53.3 Å². The molecule has 0 aliphatic carbocycles. The van der Waals surface area contributed by atoms with Gasteiger partial charge in [-0.1, -0.05) is 30.3 Å². The summed E-state index contributed by atoms with van der Waals surface area (Å²) in [5, 5.41) is 13.7. The standard InChI is InChI=1S/C25H28N6O2/c1-17-14-20-16-21(25(32)26-22(20)15-18(17)2)23(30-10-12-33-13-11-30)24-27-28-29-31(24)9-8-19-6-4-3-5-7-19/h3-7,14-16,23H,8-13H2,1-2H3,(H,26,32)/t23-/m1/s1. The van der Waals surface area contributed by atoms with Gasteiger partial charge in [-0.3, -0.25) is 9.69 Å². The number of ether oxygens (including phenoxy) is 1. The molecule has 1 N–H and O–H groups in total. The quantitative estimate of drug-likeness (QED) is 0.492. The van der Waals surface area contributed by atoms with Crippen LogP contribution < -0.4 is 5.56 Å². The van der Waals surface area contributed by atoms with E-state index in [2.05, 4.69) is 57.5 Å². The van der Waals surface area contributed by atoms with E-state index < -0.39 is 0 Å². The highest BCUT2D eigenvalue weighted by molar-refractivity contribution is 5.81. The van der Waals surface area contributed by atoms with Crippen LogP contribution in [0.5, 0.6) is 0 Å². The zero-order valence-electron chi connectivity index (χ0n) is 19.0. The molecule has 0 bridgehead atoms. The molecular formula is C25H28N6O2. The summed E-state index contributed by atoms with van der Waals surface area (Å²) in [5.74, 6) is 0.682. The van der Waals surface area contributed by atoms with Crippen LogP contribution in [0, 0.1) is 13.8 Å². The number of morpholine rings is 1. The van der Waals surface area contributed by atoms with Crippen molar-refractivity contribution in [1.29, 1.82) is 0 Å². The first-order chi connectivity index (χ1) is 16.1.